The Morgan fingerprint density at radius 1 is 0.826 bits per heavy atom. The number of hydrogen-bond donors (Lipinski definition) is 2. The van der Waals surface area contributed by atoms with Crippen LogP contribution in [0.1, 0.15) is 47.4 Å². The molecule has 0 radical (unpaired) electrons. The molecule has 2 aromatic carbocycles. The zero-order valence-electron chi connectivity index (χ0n) is 13.0. The van der Waals surface area contributed by atoms with Gasteiger partial charge in [-0.15, -0.1) is 0 Å². The number of ether oxygens (including phenoxy) is 1. The Morgan fingerprint density at radius 2 is 1.22 bits per heavy atom. The SMILES string of the molecule is CCC(=O)c1cc(Oc2ccc(O)c(C(=O)CC)c2)ccc1O. The summed E-state index contributed by atoms with van der Waals surface area (Å²) < 4.78 is 5.63. The lowest BCUT2D eigenvalue weighted by Gasteiger charge is -2.10. The maximum absolute atomic E-state index is 11.8. The second-order valence-electron chi connectivity index (χ2n) is 5.01. The van der Waals surface area contributed by atoms with Crippen molar-refractivity contribution in [3.63, 3.8) is 0 Å². The average molecular weight is 314 g/mol. The Kier molecular flexibility index (Phi) is 5.01. The Bertz CT molecular complexity index is 686. The molecule has 0 aromatic heterocycles. The molecule has 0 aliphatic carbocycles. The van der Waals surface area contributed by atoms with Crippen molar-refractivity contribution in [2.24, 2.45) is 0 Å². The molecular formula is C18H18O5. The zero-order valence-corrected chi connectivity index (χ0v) is 13.0. The summed E-state index contributed by atoms with van der Waals surface area (Å²) in [6.07, 6.45) is 0.538. The monoisotopic (exact) mass is 314 g/mol. The second-order valence-corrected chi connectivity index (χ2v) is 5.01. The van der Waals surface area contributed by atoms with E-state index in [2.05, 4.69) is 0 Å². The molecule has 0 aliphatic heterocycles. The molecule has 120 valence electrons. The summed E-state index contributed by atoms with van der Waals surface area (Å²) in [5.41, 5.74) is 0.377. The number of hydrogen-bond acceptors (Lipinski definition) is 5. The highest BCUT2D eigenvalue weighted by Gasteiger charge is 2.13. The first kappa shape index (κ1) is 16.5. The first-order chi connectivity index (χ1) is 11.0. The van der Waals surface area contributed by atoms with Gasteiger partial charge in [-0.3, -0.25) is 9.59 Å². The van der Waals surface area contributed by atoms with Gasteiger partial charge in [0.25, 0.3) is 0 Å². The van der Waals surface area contributed by atoms with E-state index in [0.29, 0.717) is 11.5 Å². The maximum Gasteiger partial charge on any atom is 0.166 e. The van der Waals surface area contributed by atoms with Crippen LogP contribution < -0.4 is 4.74 Å². The summed E-state index contributed by atoms with van der Waals surface area (Å²) in [6.45, 7) is 3.41. The Labute approximate surface area is 134 Å². The van der Waals surface area contributed by atoms with E-state index in [1.54, 1.807) is 13.8 Å². The molecule has 0 spiro atoms. The number of benzene rings is 2. The van der Waals surface area contributed by atoms with Crippen molar-refractivity contribution in [2.45, 2.75) is 26.7 Å². The van der Waals surface area contributed by atoms with Gasteiger partial charge in [0.05, 0.1) is 11.1 Å². The van der Waals surface area contributed by atoms with E-state index in [1.807, 2.05) is 0 Å². The molecule has 0 heterocycles. The molecular weight excluding hydrogens is 296 g/mol. The van der Waals surface area contributed by atoms with E-state index in [-0.39, 0.29) is 47.0 Å². The van der Waals surface area contributed by atoms with E-state index in [0.717, 1.165) is 0 Å². The van der Waals surface area contributed by atoms with Gasteiger partial charge in [-0.1, -0.05) is 13.8 Å². The standard InChI is InChI=1S/C18H18O5/c1-3-15(19)13-9-11(5-7-17(13)21)23-12-6-8-18(22)14(10-12)16(20)4-2/h5-10,21-22H,3-4H2,1-2H3. The summed E-state index contributed by atoms with van der Waals surface area (Å²) in [4.78, 5) is 23.5. The number of carbonyl (C=O) groups is 2. The fourth-order valence-electron chi connectivity index (χ4n) is 2.12. The van der Waals surface area contributed by atoms with Crippen LogP contribution >= 0.6 is 0 Å². The number of phenols is 2. The predicted molar refractivity (Wildman–Crippen MR) is 85.5 cm³/mol. The maximum atomic E-state index is 11.8. The van der Waals surface area contributed by atoms with Gasteiger partial charge in [-0.25, -0.2) is 0 Å². The second kappa shape index (κ2) is 6.96. The minimum atomic E-state index is -0.194. The Hall–Kier alpha value is -2.82. The van der Waals surface area contributed by atoms with E-state index in [4.69, 9.17) is 4.74 Å². The van der Waals surface area contributed by atoms with Crippen LogP contribution in [0, 0.1) is 0 Å². The Morgan fingerprint density at radius 3 is 1.57 bits per heavy atom. The van der Waals surface area contributed by atoms with Gasteiger partial charge < -0.3 is 14.9 Å². The van der Waals surface area contributed by atoms with Crippen LogP contribution in [0.15, 0.2) is 36.4 Å². The normalized spacial score (nSPS) is 10.3. The number of carbonyl (C=O) groups excluding carboxylic acids is 2. The minimum absolute atomic E-state index is 0.100. The molecule has 2 aromatic rings. The molecule has 23 heavy (non-hydrogen) atoms. The number of Topliss-reactive ketones (excluding diaryl/α,β-unsaturated/α-hetero) is 2. The van der Waals surface area contributed by atoms with Crippen LogP contribution in [-0.2, 0) is 0 Å². The van der Waals surface area contributed by atoms with Crippen molar-refractivity contribution < 1.29 is 24.5 Å². The lowest BCUT2D eigenvalue weighted by Crippen LogP contribution is -1.99. The highest BCUT2D eigenvalue weighted by Crippen LogP contribution is 2.30. The van der Waals surface area contributed by atoms with Gasteiger partial charge in [0, 0.05) is 12.8 Å². The van der Waals surface area contributed by atoms with Gasteiger partial charge in [0.2, 0.25) is 0 Å². The number of ketones is 2. The van der Waals surface area contributed by atoms with Crippen molar-refractivity contribution in [3.8, 4) is 23.0 Å². The summed E-state index contributed by atoms with van der Waals surface area (Å²) in [5, 5.41) is 19.5. The molecule has 0 fully saturated rings. The van der Waals surface area contributed by atoms with E-state index < -0.39 is 0 Å². The zero-order chi connectivity index (χ0) is 17.0. The smallest absolute Gasteiger partial charge is 0.166 e. The van der Waals surface area contributed by atoms with Crippen LogP contribution in [0.25, 0.3) is 0 Å². The van der Waals surface area contributed by atoms with Crippen molar-refractivity contribution in [1.29, 1.82) is 0 Å². The number of aromatic hydroxyl groups is 2. The van der Waals surface area contributed by atoms with Gasteiger partial charge >= 0.3 is 0 Å². The van der Waals surface area contributed by atoms with E-state index >= 15 is 0 Å². The van der Waals surface area contributed by atoms with Crippen molar-refractivity contribution in [1.82, 2.24) is 0 Å². The molecule has 0 saturated carbocycles. The highest BCUT2D eigenvalue weighted by molar-refractivity contribution is 5.99. The van der Waals surface area contributed by atoms with Crippen LogP contribution in [0.5, 0.6) is 23.0 Å². The minimum Gasteiger partial charge on any atom is -0.507 e. The molecule has 0 atom stereocenters. The van der Waals surface area contributed by atoms with Crippen LogP contribution in [0.4, 0.5) is 0 Å². The fraction of sp³-hybridized carbons (Fsp3) is 0.222. The van der Waals surface area contributed by atoms with E-state index in [9.17, 15) is 19.8 Å². The van der Waals surface area contributed by atoms with Crippen LogP contribution in [0.3, 0.4) is 0 Å². The molecule has 2 N–H and O–H groups in total. The first-order valence-electron chi connectivity index (χ1n) is 7.36. The lowest BCUT2D eigenvalue weighted by molar-refractivity contribution is 0.0977. The lowest BCUT2D eigenvalue weighted by atomic mass is 10.1. The van der Waals surface area contributed by atoms with Crippen LogP contribution in [0.2, 0.25) is 0 Å². The molecule has 0 aliphatic rings. The molecule has 5 heteroatoms. The molecule has 0 unspecified atom stereocenters. The average Bonchev–Trinajstić information content (AvgIpc) is 2.56. The molecule has 2 rings (SSSR count). The van der Waals surface area contributed by atoms with E-state index in [1.165, 1.54) is 36.4 Å². The van der Waals surface area contributed by atoms with Gasteiger partial charge in [-0.2, -0.15) is 0 Å². The predicted octanol–water partition coefficient (Wildman–Crippen LogP) is 4.08. The molecule has 5 nitrogen and oxygen atoms in total. The third-order valence-corrected chi connectivity index (χ3v) is 3.41. The van der Waals surface area contributed by atoms with Crippen molar-refractivity contribution in [3.05, 3.63) is 47.5 Å². The Balaban J connectivity index is 2.33. The summed E-state index contributed by atoms with van der Waals surface area (Å²) in [6, 6.07) is 8.73. The fourth-order valence-corrected chi connectivity index (χ4v) is 2.12. The third-order valence-electron chi connectivity index (χ3n) is 3.41. The first-order valence-corrected chi connectivity index (χ1v) is 7.36. The number of rotatable bonds is 6. The third kappa shape index (κ3) is 3.69. The molecule has 0 saturated heterocycles. The summed E-state index contributed by atoms with van der Waals surface area (Å²) in [7, 11) is 0. The summed E-state index contributed by atoms with van der Waals surface area (Å²) in [5.74, 6) is 0.134. The van der Waals surface area contributed by atoms with Crippen molar-refractivity contribution in [2.75, 3.05) is 0 Å². The van der Waals surface area contributed by atoms with Gasteiger partial charge in [0.1, 0.15) is 23.0 Å². The van der Waals surface area contributed by atoms with Gasteiger partial charge in [-0.05, 0) is 36.4 Å². The largest absolute Gasteiger partial charge is 0.507 e. The van der Waals surface area contributed by atoms with Crippen molar-refractivity contribution >= 4 is 11.6 Å². The quantitative estimate of drug-likeness (QED) is 0.785. The molecule has 0 amide bonds. The highest BCUT2D eigenvalue weighted by atomic mass is 16.5. The van der Waals surface area contributed by atoms with Gasteiger partial charge in [0.15, 0.2) is 11.6 Å². The molecule has 0 bridgehead atoms. The topological polar surface area (TPSA) is 83.8 Å². The summed E-state index contributed by atoms with van der Waals surface area (Å²) >= 11 is 0. The number of phenolic OH excluding ortho intramolecular Hbond substituents is 2. The van der Waals surface area contributed by atoms with Crippen LogP contribution in [-0.4, -0.2) is 21.8 Å².